The molecule has 5 atom stereocenters. The first-order valence-corrected chi connectivity index (χ1v) is 32.2. The Labute approximate surface area is 529 Å². The average molecular weight is 1250 g/mol. The van der Waals surface area contributed by atoms with Gasteiger partial charge in [-0.25, -0.2) is 4.98 Å². The summed E-state index contributed by atoms with van der Waals surface area (Å²) in [4.78, 5) is 162. The molecular weight excluding hydrogens is 1140 g/mol. The van der Waals surface area contributed by atoms with E-state index in [1.165, 1.54) is 71.5 Å². The first-order chi connectivity index (χ1) is 41.3. The summed E-state index contributed by atoms with van der Waals surface area (Å²) in [6.45, 7) is 27.6. The molecule has 25 nitrogen and oxygen atoms in total. The van der Waals surface area contributed by atoms with Gasteiger partial charge in [0.05, 0.1) is 5.54 Å². The number of nitrogens with one attached hydrogen (secondary N) is 9. The molecule has 2 aliphatic rings. The molecule has 9 N–H and O–H groups in total. The van der Waals surface area contributed by atoms with E-state index in [2.05, 4.69) is 59.8 Å². The molecule has 1 saturated carbocycles. The first-order valence-electron chi connectivity index (χ1n) is 32.2. The monoisotopic (exact) mass is 1250 g/mol. The molecule has 2 heterocycles. The van der Waals surface area contributed by atoms with Crippen molar-refractivity contribution in [2.75, 3.05) is 33.7 Å². The van der Waals surface area contributed by atoms with Gasteiger partial charge in [-0.05, 0) is 145 Å². The smallest absolute Gasteiger partial charge is 0.277 e. The molecule has 0 aromatic carbocycles. The number of nitrogens with zero attached hydrogens (tertiary/aromatic N) is 4. The van der Waals surface area contributed by atoms with E-state index < -0.39 is 106 Å². The molecular formula is C64H111N13O12. The van der Waals surface area contributed by atoms with Crippen LogP contribution < -0.4 is 47.9 Å². The fourth-order valence-electron chi connectivity index (χ4n) is 11.1. The van der Waals surface area contributed by atoms with Gasteiger partial charge in [0.25, 0.3) is 5.91 Å². The Morgan fingerprint density at radius 2 is 1.13 bits per heavy atom. The quantitative estimate of drug-likeness (QED) is 0.0328. The van der Waals surface area contributed by atoms with Crippen LogP contribution >= 0.6 is 0 Å². The lowest BCUT2D eigenvalue weighted by Crippen LogP contribution is -2.66. The lowest BCUT2D eigenvalue weighted by molar-refractivity contribution is -0.141. The van der Waals surface area contributed by atoms with E-state index in [1.54, 1.807) is 6.92 Å². The van der Waals surface area contributed by atoms with Crippen LogP contribution in [-0.2, 0) is 47.9 Å². The number of hydrogen-bond acceptors (Lipinski definition) is 14. The number of unbranched alkanes of at least 4 members (excludes halogenated alkanes) is 5. The van der Waals surface area contributed by atoms with Crippen molar-refractivity contribution in [2.24, 2.45) is 17.8 Å². The van der Waals surface area contributed by atoms with Crippen molar-refractivity contribution in [3.8, 4) is 0 Å². The van der Waals surface area contributed by atoms with E-state index in [0.29, 0.717) is 44.7 Å². The largest absolute Gasteiger partial charge is 0.448 e. The van der Waals surface area contributed by atoms with Gasteiger partial charge in [-0.15, -0.1) is 0 Å². The van der Waals surface area contributed by atoms with E-state index in [-0.39, 0.29) is 73.5 Å². The molecule has 0 unspecified atom stereocenters. The Kier molecular flexibility index (Phi) is 29.2. The van der Waals surface area contributed by atoms with Gasteiger partial charge in [0, 0.05) is 33.0 Å². The van der Waals surface area contributed by atoms with E-state index >= 15 is 0 Å². The summed E-state index contributed by atoms with van der Waals surface area (Å²) in [6.07, 6.45) is 11.0. The van der Waals surface area contributed by atoms with Crippen molar-refractivity contribution in [3.63, 3.8) is 0 Å². The van der Waals surface area contributed by atoms with E-state index in [4.69, 9.17) is 4.42 Å². The minimum atomic E-state index is -1.69. The summed E-state index contributed by atoms with van der Waals surface area (Å²) in [5, 5.41) is 25.2. The number of amides is 11. The number of aryl methyl sites for hydroxylation is 1. The Bertz CT molecular complexity index is 2590. The van der Waals surface area contributed by atoms with Crippen molar-refractivity contribution in [3.05, 3.63) is 17.8 Å². The third-order valence-corrected chi connectivity index (χ3v) is 16.3. The van der Waals surface area contributed by atoms with E-state index in [9.17, 15) is 52.7 Å². The third-order valence-electron chi connectivity index (χ3n) is 16.3. The molecule has 3 rings (SSSR count). The van der Waals surface area contributed by atoms with Crippen molar-refractivity contribution in [1.82, 2.24) is 67.5 Å². The zero-order chi connectivity index (χ0) is 67.4. The van der Waals surface area contributed by atoms with Gasteiger partial charge in [0.15, 0.2) is 11.6 Å². The second kappa shape index (κ2) is 34.0. The molecule has 25 heteroatoms. The Hall–Kier alpha value is -6.66. The summed E-state index contributed by atoms with van der Waals surface area (Å²) < 4.78 is 5.30. The first kappa shape index (κ1) is 76.6. The number of likely N-dealkylation sites (tertiary alicyclic amines) is 1. The Balaban J connectivity index is 1.73. The van der Waals surface area contributed by atoms with Crippen LogP contribution in [0, 0.1) is 24.7 Å². The number of carbonyl (C=O) groups is 11. The van der Waals surface area contributed by atoms with Gasteiger partial charge in [-0.3, -0.25) is 52.7 Å². The number of carbonyl (C=O) groups excluding carboxylic acids is 11. The van der Waals surface area contributed by atoms with Gasteiger partial charge in [0.1, 0.15) is 58.8 Å². The highest BCUT2D eigenvalue weighted by molar-refractivity contribution is 6.01. The molecule has 1 aromatic heterocycles. The number of oxazole rings is 1. The molecule has 1 aliphatic carbocycles. The number of rotatable bonds is 38. The molecule has 0 radical (unpaired) electrons. The van der Waals surface area contributed by atoms with E-state index in [0.717, 1.165) is 51.4 Å². The molecule has 1 aliphatic heterocycles. The fraction of sp³-hybridized carbons (Fsp3) is 0.781. The standard InChI is InChI=1S/C64H111N13O12/c1-19-20-21-22-23-24-27-48(77(39-78)50-28-25-33-76(50)55(84)47-37-89-43(8)66-47)54(83)68-46(36-42(6)7)53(82)72-63(15,16)59(88)74-61(11,12)57(86)69-44(34-40(2)3)51(80)67-45(35-41(4)5)52(81)71-62(13,14)58(87)73-60(9,10)56(85)65-32-29-49(79)70-64(30-26-31-64)38-75(17)18/h37,39-42,44-46,48,50H,19-36,38H2,1-18H3,(H,65,85)(H,67,80)(H,68,83)(H,69,86)(H,70,79)(H,71,81)(H,72,82)(H,73,87)(H,74,88)/t44-,45-,46-,48-,50+/m0/s1. The number of aromatic nitrogens is 1. The molecule has 1 saturated heterocycles. The minimum absolute atomic E-state index is 0.0382. The van der Waals surface area contributed by atoms with Gasteiger partial charge in [-0.1, -0.05) is 87.0 Å². The number of hydrogen-bond donors (Lipinski definition) is 9. The van der Waals surface area contributed by atoms with Crippen LogP contribution in [0.1, 0.15) is 223 Å². The molecule has 504 valence electrons. The van der Waals surface area contributed by atoms with Crippen LogP contribution in [0.3, 0.4) is 0 Å². The Morgan fingerprint density at radius 3 is 1.60 bits per heavy atom. The second-order valence-corrected chi connectivity index (χ2v) is 28.3. The molecule has 89 heavy (non-hydrogen) atoms. The van der Waals surface area contributed by atoms with Gasteiger partial charge < -0.3 is 67.0 Å². The second-order valence-electron chi connectivity index (χ2n) is 28.3. The average Bonchev–Trinajstić information content (AvgIpc) is 2.18. The predicted octanol–water partition coefficient (Wildman–Crippen LogP) is 4.40. The van der Waals surface area contributed by atoms with Crippen LogP contribution in [0.25, 0.3) is 0 Å². The topological polar surface area (TPSA) is 332 Å². The maximum absolute atomic E-state index is 14.6. The highest BCUT2D eigenvalue weighted by Crippen LogP contribution is 2.32. The fourth-order valence-corrected chi connectivity index (χ4v) is 11.1. The summed E-state index contributed by atoms with van der Waals surface area (Å²) in [6, 6.07) is -4.62. The highest BCUT2D eigenvalue weighted by atomic mass is 16.3. The van der Waals surface area contributed by atoms with Crippen LogP contribution in [0.5, 0.6) is 0 Å². The maximum atomic E-state index is 14.6. The van der Waals surface area contributed by atoms with E-state index in [1.807, 2.05) is 60.5 Å². The zero-order valence-corrected chi connectivity index (χ0v) is 56.9. The summed E-state index contributed by atoms with van der Waals surface area (Å²) in [7, 11) is 3.90. The van der Waals surface area contributed by atoms with Gasteiger partial charge >= 0.3 is 0 Å². The van der Waals surface area contributed by atoms with Crippen LogP contribution in [0.15, 0.2) is 10.7 Å². The van der Waals surface area contributed by atoms with Crippen molar-refractivity contribution < 1.29 is 57.2 Å². The van der Waals surface area contributed by atoms with Crippen LogP contribution in [0.4, 0.5) is 0 Å². The summed E-state index contributed by atoms with van der Waals surface area (Å²) in [5.41, 5.74) is -6.63. The van der Waals surface area contributed by atoms with Gasteiger partial charge in [0.2, 0.25) is 59.6 Å². The third kappa shape index (κ3) is 23.9. The van der Waals surface area contributed by atoms with Crippen LogP contribution in [-0.4, -0.2) is 177 Å². The number of likely N-dealkylation sites (N-methyl/N-ethyl adjacent to an activating group) is 1. The normalized spacial score (nSPS) is 16.5. The van der Waals surface area contributed by atoms with Crippen molar-refractivity contribution >= 4 is 65.5 Å². The maximum Gasteiger partial charge on any atom is 0.277 e. The lowest BCUT2D eigenvalue weighted by atomic mass is 9.76. The molecule has 2 fully saturated rings. The molecule has 11 amide bonds. The molecule has 1 aromatic rings. The van der Waals surface area contributed by atoms with Crippen molar-refractivity contribution in [1.29, 1.82) is 0 Å². The minimum Gasteiger partial charge on any atom is -0.448 e. The van der Waals surface area contributed by atoms with Crippen molar-refractivity contribution in [2.45, 2.75) is 272 Å². The molecule has 0 spiro atoms. The SMILES string of the molecule is CCCCCCCC[C@@H](C(=O)N[C@@H](CC(C)C)C(=O)NC(C)(C)C(=O)NC(C)(C)C(=O)N[C@@H](CC(C)C)C(=O)N[C@@H](CC(C)C)C(=O)NC(C)(C)C(=O)NC(C)(C)C(=O)NCCC(=O)NC1(CN(C)C)CCC1)N(C=O)[C@@H]1CCCN1C(=O)c1coc(C)n1. The van der Waals surface area contributed by atoms with Gasteiger partial charge in [-0.2, -0.15) is 0 Å². The Morgan fingerprint density at radius 1 is 0.652 bits per heavy atom. The van der Waals surface area contributed by atoms with Crippen LogP contribution in [0.2, 0.25) is 0 Å². The summed E-state index contributed by atoms with van der Waals surface area (Å²) >= 11 is 0. The lowest BCUT2D eigenvalue weighted by Gasteiger charge is -2.44. The highest BCUT2D eigenvalue weighted by Gasteiger charge is 2.44. The molecule has 0 bridgehead atoms. The summed E-state index contributed by atoms with van der Waals surface area (Å²) in [5.74, 6) is -6.17. The zero-order valence-electron chi connectivity index (χ0n) is 56.9. The predicted molar refractivity (Wildman–Crippen MR) is 339 cm³/mol.